The average Bonchev–Trinajstić information content (AvgIpc) is 2.60. The van der Waals surface area contributed by atoms with Gasteiger partial charge in [-0.25, -0.2) is 4.39 Å². The number of halogens is 1. The Bertz CT molecular complexity index is 470. The average molecular weight is 262 g/mol. The van der Waals surface area contributed by atoms with Crippen LogP contribution in [0.5, 0.6) is 0 Å². The van der Waals surface area contributed by atoms with E-state index in [0.717, 1.165) is 25.7 Å². The molecule has 1 saturated carbocycles. The molecule has 2 unspecified atom stereocenters. The number of hydrogen-bond donors (Lipinski definition) is 1. The maximum atomic E-state index is 13.3. The van der Waals surface area contributed by atoms with Crippen LogP contribution in [-0.2, 0) is 11.3 Å². The van der Waals surface area contributed by atoms with E-state index in [2.05, 4.69) is 0 Å². The Morgan fingerprint density at radius 1 is 1.26 bits per heavy atom. The summed E-state index contributed by atoms with van der Waals surface area (Å²) in [6.45, 7) is 0.310. The number of nitrogens with two attached hydrogens (primary N) is 1. The number of ether oxygens (including phenoxy) is 1. The van der Waals surface area contributed by atoms with E-state index < -0.39 is 5.82 Å². The molecule has 4 heteroatoms. The van der Waals surface area contributed by atoms with Crippen molar-refractivity contribution in [3.8, 4) is 6.07 Å². The van der Waals surface area contributed by atoms with Gasteiger partial charge >= 0.3 is 0 Å². The highest BCUT2D eigenvalue weighted by Crippen LogP contribution is 2.20. The molecule has 0 aliphatic heterocycles. The molecule has 0 heterocycles. The standard InChI is InChI=1S/C15H19FN2O/c16-13-7-11(9-17)6-12(8-13)10-19-15-5-3-1-2-4-14(15)18/h6-8,14-15H,1-5,10,18H2. The minimum absolute atomic E-state index is 0.0382. The van der Waals surface area contributed by atoms with Gasteiger partial charge in [0.1, 0.15) is 5.82 Å². The van der Waals surface area contributed by atoms with E-state index >= 15 is 0 Å². The van der Waals surface area contributed by atoms with Gasteiger partial charge in [0.15, 0.2) is 0 Å². The first-order valence-electron chi connectivity index (χ1n) is 6.76. The fraction of sp³-hybridized carbons (Fsp3) is 0.533. The van der Waals surface area contributed by atoms with Crippen molar-refractivity contribution in [1.82, 2.24) is 0 Å². The van der Waals surface area contributed by atoms with Crippen LogP contribution in [0.25, 0.3) is 0 Å². The Balaban J connectivity index is 1.97. The van der Waals surface area contributed by atoms with Gasteiger partial charge in [0.2, 0.25) is 0 Å². The number of benzene rings is 1. The Hall–Kier alpha value is -1.44. The summed E-state index contributed by atoms with van der Waals surface area (Å²) < 4.78 is 19.1. The Labute approximate surface area is 113 Å². The fourth-order valence-electron chi connectivity index (χ4n) is 2.51. The minimum Gasteiger partial charge on any atom is -0.372 e. The van der Waals surface area contributed by atoms with Gasteiger partial charge in [0.05, 0.1) is 24.3 Å². The van der Waals surface area contributed by atoms with Crippen molar-refractivity contribution in [3.63, 3.8) is 0 Å². The van der Waals surface area contributed by atoms with Crippen LogP contribution in [0.15, 0.2) is 18.2 Å². The van der Waals surface area contributed by atoms with E-state index in [-0.39, 0.29) is 12.1 Å². The third-order valence-electron chi connectivity index (χ3n) is 3.55. The van der Waals surface area contributed by atoms with Crippen LogP contribution in [0.1, 0.15) is 43.2 Å². The SMILES string of the molecule is N#Cc1cc(F)cc(COC2CCCCCC2N)c1. The van der Waals surface area contributed by atoms with Gasteiger partial charge in [-0.1, -0.05) is 19.3 Å². The molecular formula is C15H19FN2O. The second kappa shape index (κ2) is 6.65. The smallest absolute Gasteiger partial charge is 0.124 e. The van der Waals surface area contributed by atoms with Gasteiger partial charge < -0.3 is 10.5 Å². The molecule has 2 N–H and O–H groups in total. The molecule has 2 rings (SSSR count). The van der Waals surface area contributed by atoms with Crippen LogP contribution in [0.2, 0.25) is 0 Å². The first-order valence-corrected chi connectivity index (χ1v) is 6.76. The molecule has 1 aromatic rings. The molecule has 1 aliphatic carbocycles. The molecule has 102 valence electrons. The van der Waals surface area contributed by atoms with Crippen LogP contribution in [0.4, 0.5) is 4.39 Å². The predicted molar refractivity (Wildman–Crippen MR) is 70.8 cm³/mol. The van der Waals surface area contributed by atoms with Crippen LogP contribution < -0.4 is 5.73 Å². The quantitative estimate of drug-likeness (QED) is 0.852. The van der Waals surface area contributed by atoms with Gasteiger partial charge in [0.25, 0.3) is 0 Å². The maximum Gasteiger partial charge on any atom is 0.124 e. The molecule has 0 aromatic heterocycles. The summed E-state index contributed by atoms with van der Waals surface area (Å²) in [7, 11) is 0. The van der Waals surface area contributed by atoms with Gasteiger partial charge in [-0.2, -0.15) is 5.26 Å². The Morgan fingerprint density at radius 2 is 2.05 bits per heavy atom. The molecule has 1 aliphatic rings. The van der Waals surface area contributed by atoms with E-state index in [0.29, 0.717) is 17.7 Å². The topological polar surface area (TPSA) is 59.0 Å². The van der Waals surface area contributed by atoms with Crippen molar-refractivity contribution in [3.05, 3.63) is 35.1 Å². The molecule has 0 amide bonds. The second-order valence-corrected chi connectivity index (χ2v) is 5.11. The fourth-order valence-corrected chi connectivity index (χ4v) is 2.51. The van der Waals surface area contributed by atoms with E-state index in [9.17, 15) is 4.39 Å². The number of rotatable bonds is 3. The molecule has 0 saturated heterocycles. The highest BCUT2D eigenvalue weighted by Gasteiger charge is 2.20. The van der Waals surface area contributed by atoms with Gasteiger partial charge in [0, 0.05) is 6.04 Å². The molecule has 1 aromatic carbocycles. The van der Waals surface area contributed by atoms with Crippen LogP contribution >= 0.6 is 0 Å². The van der Waals surface area contributed by atoms with Crippen LogP contribution in [-0.4, -0.2) is 12.1 Å². The number of nitrogens with zero attached hydrogens (tertiary/aromatic N) is 1. The second-order valence-electron chi connectivity index (χ2n) is 5.11. The van der Waals surface area contributed by atoms with Crippen molar-refractivity contribution in [2.24, 2.45) is 5.73 Å². The van der Waals surface area contributed by atoms with Gasteiger partial charge in [-0.3, -0.25) is 0 Å². The van der Waals surface area contributed by atoms with E-state index in [1.54, 1.807) is 6.07 Å². The lowest BCUT2D eigenvalue weighted by molar-refractivity contribution is 0.0193. The van der Waals surface area contributed by atoms with Crippen molar-refractivity contribution in [2.45, 2.75) is 50.9 Å². The Kier molecular flexibility index (Phi) is 4.89. The zero-order chi connectivity index (χ0) is 13.7. The van der Waals surface area contributed by atoms with Crippen molar-refractivity contribution in [2.75, 3.05) is 0 Å². The molecule has 3 nitrogen and oxygen atoms in total. The van der Waals surface area contributed by atoms with Gasteiger partial charge in [-0.05, 0) is 36.6 Å². The van der Waals surface area contributed by atoms with E-state index in [1.807, 2.05) is 6.07 Å². The zero-order valence-corrected chi connectivity index (χ0v) is 10.9. The van der Waals surface area contributed by atoms with Crippen LogP contribution in [0, 0.1) is 17.1 Å². The lowest BCUT2D eigenvalue weighted by Crippen LogP contribution is -2.35. The third-order valence-corrected chi connectivity index (χ3v) is 3.55. The summed E-state index contributed by atoms with van der Waals surface area (Å²) in [6.07, 6.45) is 5.46. The summed E-state index contributed by atoms with van der Waals surface area (Å²) in [5.41, 5.74) is 7.09. The summed E-state index contributed by atoms with van der Waals surface area (Å²) in [6, 6.07) is 6.29. The van der Waals surface area contributed by atoms with Crippen molar-refractivity contribution >= 4 is 0 Å². The molecule has 2 atom stereocenters. The lowest BCUT2D eigenvalue weighted by atomic mass is 10.1. The molecule has 0 spiro atoms. The number of hydrogen-bond acceptors (Lipinski definition) is 3. The highest BCUT2D eigenvalue weighted by atomic mass is 19.1. The van der Waals surface area contributed by atoms with E-state index in [4.69, 9.17) is 15.7 Å². The first kappa shape index (κ1) is 14.0. The summed E-state index contributed by atoms with van der Waals surface area (Å²) in [5.74, 6) is -0.400. The highest BCUT2D eigenvalue weighted by molar-refractivity contribution is 5.33. The maximum absolute atomic E-state index is 13.3. The summed E-state index contributed by atoms with van der Waals surface area (Å²) in [5, 5.41) is 8.81. The monoisotopic (exact) mass is 262 g/mol. The van der Waals surface area contributed by atoms with Gasteiger partial charge in [-0.15, -0.1) is 0 Å². The molecule has 19 heavy (non-hydrogen) atoms. The van der Waals surface area contributed by atoms with Crippen molar-refractivity contribution < 1.29 is 9.13 Å². The van der Waals surface area contributed by atoms with E-state index in [1.165, 1.54) is 18.6 Å². The molecular weight excluding hydrogens is 243 g/mol. The summed E-state index contributed by atoms with van der Waals surface area (Å²) >= 11 is 0. The molecule has 1 fully saturated rings. The third kappa shape index (κ3) is 4.02. The predicted octanol–water partition coefficient (Wildman–Crippen LogP) is 2.87. The zero-order valence-electron chi connectivity index (χ0n) is 10.9. The molecule has 0 bridgehead atoms. The summed E-state index contributed by atoms with van der Waals surface area (Å²) in [4.78, 5) is 0. The first-order chi connectivity index (χ1) is 9.19. The molecule has 0 radical (unpaired) electrons. The van der Waals surface area contributed by atoms with Crippen LogP contribution in [0.3, 0.4) is 0 Å². The minimum atomic E-state index is -0.400. The normalized spacial score (nSPS) is 23.6. The van der Waals surface area contributed by atoms with Crippen molar-refractivity contribution in [1.29, 1.82) is 5.26 Å². The largest absolute Gasteiger partial charge is 0.372 e. The number of nitriles is 1. The Morgan fingerprint density at radius 3 is 2.84 bits per heavy atom. The lowest BCUT2D eigenvalue weighted by Gasteiger charge is -2.21.